The summed E-state index contributed by atoms with van der Waals surface area (Å²) in [4.78, 5) is 11.9. The van der Waals surface area contributed by atoms with Gasteiger partial charge in [0.15, 0.2) is 5.78 Å². The fourth-order valence-electron chi connectivity index (χ4n) is 2.27. The first-order valence-electron chi connectivity index (χ1n) is 6.22. The standard InChI is InChI=1S/C13H18N2O3S/c1-14-7-5-13(16)11-3-4-12-10(9-11)6-8-15(12)19(2,17)18/h3-4,9,14H,5-8H2,1-2H3. The lowest BCUT2D eigenvalue weighted by Crippen LogP contribution is -2.27. The van der Waals surface area contributed by atoms with Gasteiger partial charge in [0.1, 0.15) is 0 Å². The topological polar surface area (TPSA) is 66.5 Å². The first-order chi connectivity index (χ1) is 8.93. The van der Waals surface area contributed by atoms with E-state index >= 15 is 0 Å². The van der Waals surface area contributed by atoms with Crippen LogP contribution < -0.4 is 9.62 Å². The highest BCUT2D eigenvalue weighted by Gasteiger charge is 2.26. The molecule has 6 heteroatoms. The molecule has 0 amide bonds. The van der Waals surface area contributed by atoms with Crippen LogP contribution in [-0.4, -0.2) is 40.6 Å². The lowest BCUT2D eigenvalue weighted by molar-refractivity contribution is 0.0983. The summed E-state index contributed by atoms with van der Waals surface area (Å²) < 4.78 is 24.6. The molecule has 5 nitrogen and oxygen atoms in total. The zero-order valence-electron chi connectivity index (χ0n) is 11.1. The van der Waals surface area contributed by atoms with Crippen molar-refractivity contribution in [2.75, 3.05) is 30.7 Å². The third kappa shape index (κ3) is 2.96. The quantitative estimate of drug-likeness (QED) is 0.811. The number of anilines is 1. The Bertz CT molecular complexity index is 596. The summed E-state index contributed by atoms with van der Waals surface area (Å²) in [5, 5.41) is 2.94. The van der Waals surface area contributed by atoms with Gasteiger partial charge in [0, 0.05) is 25.1 Å². The number of fused-ring (bicyclic) bond motifs is 1. The van der Waals surface area contributed by atoms with Gasteiger partial charge in [-0.2, -0.15) is 0 Å². The number of nitrogens with one attached hydrogen (secondary N) is 1. The third-order valence-corrected chi connectivity index (χ3v) is 4.44. The summed E-state index contributed by atoms with van der Waals surface area (Å²) in [6.45, 7) is 1.10. The van der Waals surface area contributed by atoms with Gasteiger partial charge < -0.3 is 5.32 Å². The van der Waals surface area contributed by atoms with Crippen molar-refractivity contribution in [3.8, 4) is 0 Å². The molecule has 0 aliphatic carbocycles. The molecule has 19 heavy (non-hydrogen) atoms. The number of hydrogen-bond donors (Lipinski definition) is 1. The Morgan fingerprint density at radius 2 is 2.16 bits per heavy atom. The Kier molecular flexibility index (Phi) is 3.91. The first kappa shape index (κ1) is 14.0. The predicted octanol–water partition coefficient (Wildman–Crippen LogP) is 0.801. The molecule has 0 saturated heterocycles. The molecule has 0 saturated carbocycles. The molecule has 1 aromatic rings. The van der Waals surface area contributed by atoms with Crippen molar-refractivity contribution in [3.05, 3.63) is 29.3 Å². The minimum Gasteiger partial charge on any atom is -0.319 e. The first-order valence-corrected chi connectivity index (χ1v) is 8.07. The van der Waals surface area contributed by atoms with Crippen molar-refractivity contribution >= 4 is 21.5 Å². The number of sulfonamides is 1. The molecule has 1 N–H and O–H groups in total. The van der Waals surface area contributed by atoms with Crippen molar-refractivity contribution in [2.24, 2.45) is 0 Å². The van der Waals surface area contributed by atoms with Gasteiger partial charge in [-0.05, 0) is 37.2 Å². The predicted molar refractivity (Wildman–Crippen MR) is 75.2 cm³/mol. The number of carbonyl (C=O) groups is 1. The summed E-state index contributed by atoms with van der Waals surface area (Å²) in [7, 11) is -1.42. The zero-order valence-corrected chi connectivity index (χ0v) is 12.0. The maximum absolute atomic E-state index is 11.9. The van der Waals surface area contributed by atoms with E-state index in [1.54, 1.807) is 19.2 Å². The number of benzene rings is 1. The maximum Gasteiger partial charge on any atom is 0.232 e. The summed E-state index contributed by atoms with van der Waals surface area (Å²) in [5.41, 5.74) is 2.29. The number of ketones is 1. The third-order valence-electron chi connectivity index (χ3n) is 3.26. The number of hydrogen-bond acceptors (Lipinski definition) is 4. The van der Waals surface area contributed by atoms with Gasteiger partial charge in [-0.3, -0.25) is 9.10 Å². The number of rotatable bonds is 5. The van der Waals surface area contributed by atoms with E-state index in [-0.39, 0.29) is 5.78 Å². The normalized spacial score (nSPS) is 14.5. The van der Waals surface area contributed by atoms with Crippen LogP contribution in [0.5, 0.6) is 0 Å². The maximum atomic E-state index is 11.9. The highest BCUT2D eigenvalue weighted by atomic mass is 32.2. The molecule has 1 aliphatic rings. The van der Waals surface area contributed by atoms with Gasteiger partial charge >= 0.3 is 0 Å². The number of Topliss-reactive ketones (excluding diaryl/α,β-unsaturated/α-hetero) is 1. The Hall–Kier alpha value is -1.40. The zero-order chi connectivity index (χ0) is 14.0. The molecule has 0 fully saturated rings. The van der Waals surface area contributed by atoms with Crippen LogP contribution in [0.3, 0.4) is 0 Å². The molecule has 0 aromatic heterocycles. The molecule has 0 spiro atoms. The van der Waals surface area contributed by atoms with E-state index in [4.69, 9.17) is 0 Å². The fraction of sp³-hybridized carbons (Fsp3) is 0.462. The van der Waals surface area contributed by atoms with E-state index in [9.17, 15) is 13.2 Å². The van der Waals surface area contributed by atoms with Gasteiger partial charge in [-0.15, -0.1) is 0 Å². The van der Waals surface area contributed by atoms with Crippen LogP contribution in [0.2, 0.25) is 0 Å². The second-order valence-electron chi connectivity index (χ2n) is 4.71. The van der Waals surface area contributed by atoms with Crippen molar-refractivity contribution in [3.63, 3.8) is 0 Å². The fourth-order valence-corrected chi connectivity index (χ4v) is 3.23. The number of nitrogens with zero attached hydrogens (tertiary/aromatic N) is 1. The van der Waals surface area contributed by atoms with Crippen LogP contribution in [0.15, 0.2) is 18.2 Å². The molecule has 2 rings (SSSR count). The molecular weight excluding hydrogens is 264 g/mol. The molecule has 104 valence electrons. The summed E-state index contributed by atoms with van der Waals surface area (Å²) in [6.07, 6.45) is 2.31. The molecular formula is C13H18N2O3S. The van der Waals surface area contributed by atoms with Crippen molar-refractivity contribution in [1.82, 2.24) is 5.32 Å². The van der Waals surface area contributed by atoms with E-state index in [1.807, 2.05) is 6.07 Å². The highest BCUT2D eigenvalue weighted by Crippen LogP contribution is 2.30. The highest BCUT2D eigenvalue weighted by molar-refractivity contribution is 7.92. The van der Waals surface area contributed by atoms with Crippen molar-refractivity contribution in [1.29, 1.82) is 0 Å². The van der Waals surface area contributed by atoms with Crippen LogP contribution >= 0.6 is 0 Å². The van der Waals surface area contributed by atoms with E-state index in [1.165, 1.54) is 10.6 Å². The van der Waals surface area contributed by atoms with E-state index in [0.29, 0.717) is 37.2 Å². The second kappa shape index (κ2) is 5.30. The Morgan fingerprint density at radius 3 is 2.79 bits per heavy atom. The van der Waals surface area contributed by atoms with Gasteiger partial charge in [0.2, 0.25) is 10.0 Å². The average molecular weight is 282 g/mol. The Labute approximate surface area is 113 Å². The molecule has 1 aromatic carbocycles. The van der Waals surface area contributed by atoms with Gasteiger partial charge in [-0.1, -0.05) is 0 Å². The largest absolute Gasteiger partial charge is 0.319 e. The van der Waals surface area contributed by atoms with Gasteiger partial charge in [0.25, 0.3) is 0 Å². The van der Waals surface area contributed by atoms with Crippen molar-refractivity contribution < 1.29 is 13.2 Å². The van der Waals surface area contributed by atoms with E-state index < -0.39 is 10.0 Å². The smallest absolute Gasteiger partial charge is 0.232 e. The van der Waals surface area contributed by atoms with Crippen LogP contribution in [0, 0.1) is 0 Å². The van der Waals surface area contributed by atoms with E-state index in [2.05, 4.69) is 5.32 Å². The van der Waals surface area contributed by atoms with Crippen LogP contribution in [0.25, 0.3) is 0 Å². The lowest BCUT2D eigenvalue weighted by atomic mass is 10.0. The summed E-state index contributed by atoms with van der Waals surface area (Å²) in [5.74, 6) is 0.0787. The molecule has 0 atom stereocenters. The Balaban J connectivity index is 2.25. The van der Waals surface area contributed by atoms with Crippen LogP contribution in [0.4, 0.5) is 5.69 Å². The Morgan fingerprint density at radius 1 is 1.42 bits per heavy atom. The minimum absolute atomic E-state index is 0.0787. The second-order valence-corrected chi connectivity index (χ2v) is 6.61. The summed E-state index contributed by atoms with van der Waals surface area (Å²) in [6, 6.07) is 5.26. The summed E-state index contributed by atoms with van der Waals surface area (Å²) >= 11 is 0. The SMILES string of the molecule is CNCCC(=O)c1ccc2c(c1)CCN2S(C)(=O)=O. The average Bonchev–Trinajstić information content (AvgIpc) is 2.78. The minimum atomic E-state index is -3.22. The van der Waals surface area contributed by atoms with Crippen LogP contribution in [-0.2, 0) is 16.4 Å². The van der Waals surface area contributed by atoms with Crippen LogP contribution in [0.1, 0.15) is 22.3 Å². The monoisotopic (exact) mass is 282 g/mol. The van der Waals surface area contributed by atoms with E-state index in [0.717, 1.165) is 5.56 Å². The van der Waals surface area contributed by atoms with Gasteiger partial charge in [0.05, 0.1) is 11.9 Å². The molecule has 0 radical (unpaired) electrons. The molecule has 0 unspecified atom stereocenters. The van der Waals surface area contributed by atoms with Gasteiger partial charge in [-0.25, -0.2) is 8.42 Å². The molecule has 1 aliphatic heterocycles. The van der Waals surface area contributed by atoms with Crippen molar-refractivity contribution in [2.45, 2.75) is 12.8 Å². The number of carbonyl (C=O) groups excluding carboxylic acids is 1. The lowest BCUT2D eigenvalue weighted by Gasteiger charge is -2.16. The molecule has 0 bridgehead atoms. The molecule has 1 heterocycles.